The third kappa shape index (κ3) is 8.87. The van der Waals surface area contributed by atoms with Gasteiger partial charge in [-0.15, -0.1) is 0 Å². The molecule has 2 fully saturated rings. The molecule has 0 spiro atoms. The maximum absolute atomic E-state index is 2.64. The Morgan fingerprint density at radius 2 is 0.689 bits per heavy atom. The second-order valence-corrected chi connectivity index (χ2v) is 38.7. The second kappa shape index (κ2) is 21.4. The predicted molar refractivity (Wildman–Crippen MR) is 394 cm³/mol. The van der Waals surface area contributed by atoms with Gasteiger partial charge in [-0.1, -0.05) is 246 Å². The van der Waals surface area contributed by atoms with E-state index in [0.29, 0.717) is 11.8 Å². The van der Waals surface area contributed by atoms with Crippen LogP contribution >= 0.6 is 0 Å². The average Bonchev–Trinajstić information content (AvgIpc) is 1.52. The van der Waals surface area contributed by atoms with E-state index in [2.05, 4.69) is 288 Å². The lowest BCUT2D eigenvalue weighted by Gasteiger charge is -2.31. The fourth-order valence-corrected chi connectivity index (χ4v) is 18.8. The van der Waals surface area contributed by atoms with E-state index >= 15 is 0 Å². The molecule has 4 nitrogen and oxygen atoms in total. The molecule has 15 aromatic rings. The normalized spacial score (nSPS) is 14.9. The molecule has 442 valence electrons. The molecule has 17 rings (SSSR count). The molecule has 0 saturated heterocycles. The van der Waals surface area contributed by atoms with Gasteiger partial charge in [-0.2, -0.15) is 0 Å². The van der Waals surface area contributed by atoms with E-state index in [9.17, 15) is 0 Å². The zero-order chi connectivity index (χ0) is 60.6. The minimum atomic E-state index is -1.60. The summed E-state index contributed by atoms with van der Waals surface area (Å²) in [5.41, 5.74) is 22.6. The molecular weight excluding hydrogens is 1120 g/mol. The van der Waals surface area contributed by atoms with Crippen molar-refractivity contribution in [2.45, 2.75) is 115 Å². The first-order valence-corrected chi connectivity index (χ1v) is 40.5. The van der Waals surface area contributed by atoms with Crippen molar-refractivity contribution in [1.82, 2.24) is 8.80 Å². The molecule has 0 aliphatic heterocycles. The molecule has 2 aliphatic carbocycles. The maximum atomic E-state index is 2.64. The molecule has 0 bridgehead atoms. The van der Waals surface area contributed by atoms with Crippen LogP contribution in [0.2, 0.25) is 39.3 Å². The maximum Gasteiger partial charge on any atom is 0.0775 e. The summed E-state index contributed by atoms with van der Waals surface area (Å²) in [5, 5.41) is 13.2. The summed E-state index contributed by atoms with van der Waals surface area (Å²) in [6.45, 7) is 14.8. The van der Waals surface area contributed by atoms with E-state index in [1.807, 2.05) is 0 Å². The van der Waals surface area contributed by atoms with Gasteiger partial charge in [0.25, 0.3) is 0 Å². The summed E-state index contributed by atoms with van der Waals surface area (Å²) >= 11 is 0. The summed E-state index contributed by atoms with van der Waals surface area (Å²) in [4.78, 5) is 5.27. The van der Waals surface area contributed by atoms with Crippen molar-refractivity contribution in [2.75, 3.05) is 9.80 Å². The van der Waals surface area contributed by atoms with Crippen LogP contribution in [0.15, 0.2) is 231 Å². The van der Waals surface area contributed by atoms with Crippen molar-refractivity contribution in [3.8, 4) is 22.3 Å². The van der Waals surface area contributed by atoms with Crippen molar-refractivity contribution in [1.29, 1.82) is 0 Å². The van der Waals surface area contributed by atoms with Gasteiger partial charge in [-0.3, -0.25) is 0 Å². The molecule has 2 saturated carbocycles. The highest BCUT2D eigenvalue weighted by atomic mass is 28.3. The number of hydrogen-bond donors (Lipinski definition) is 0. The lowest BCUT2D eigenvalue weighted by Crippen LogP contribution is -2.37. The van der Waals surface area contributed by atoms with Crippen LogP contribution in [-0.4, -0.2) is 24.9 Å². The highest BCUT2D eigenvalue weighted by molar-refractivity contribution is 6.89. The number of rotatable bonds is 12. The van der Waals surface area contributed by atoms with Crippen molar-refractivity contribution in [2.24, 2.45) is 0 Å². The molecule has 90 heavy (non-hydrogen) atoms. The van der Waals surface area contributed by atoms with Crippen LogP contribution in [0.4, 0.5) is 34.1 Å². The van der Waals surface area contributed by atoms with E-state index in [0.717, 1.165) is 0 Å². The Morgan fingerprint density at radius 3 is 1.08 bits per heavy atom. The average molecular weight is 1200 g/mol. The Labute approximate surface area is 531 Å². The summed E-state index contributed by atoms with van der Waals surface area (Å²) < 4.78 is 5.24. The Bertz CT molecular complexity index is 4880. The van der Waals surface area contributed by atoms with Gasteiger partial charge in [-0.05, 0) is 133 Å². The fourth-order valence-electron chi connectivity index (χ4n) is 16.5. The van der Waals surface area contributed by atoms with Crippen molar-refractivity contribution in [3.63, 3.8) is 0 Å². The Hall–Kier alpha value is -8.95. The summed E-state index contributed by atoms with van der Waals surface area (Å²) in [7, 11) is -3.21. The van der Waals surface area contributed by atoms with Gasteiger partial charge in [-0.25, -0.2) is 0 Å². The molecule has 0 unspecified atom stereocenters. The largest absolute Gasteiger partial charge is 0.309 e. The first-order chi connectivity index (χ1) is 43.9. The Morgan fingerprint density at radius 1 is 0.311 bits per heavy atom. The quantitative estimate of drug-likeness (QED) is 0.113. The third-order valence-corrected chi connectivity index (χ3v) is 25.2. The van der Waals surface area contributed by atoms with Gasteiger partial charge in [0, 0.05) is 65.6 Å². The molecule has 2 aliphatic rings. The molecule has 11 aromatic carbocycles. The first-order valence-electron chi connectivity index (χ1n) is 33.5. The summed E-state index contributed by atoms with van der Waals surface area (Å²) in [6.07, 6.45) is 12.8. The molecule has 0 radical (unpaired) electrons. The van der Waals surface area contributed by atoms with Gasteiger partial charge in [0.15, 0.2) is 0 Å². The molecule has 4 heterocycles. The number of benzene rings is 11. The van der Waals surface area contributed by atoms with Crippen LogP contribution < -0.4 is 20.2 Å². The van der Waals surface area contributed by atoms with Gasteiger partial charge < -0.3 is 18.6 Å². The number of fused-ring (bicyclic) bond motifs is 12. The Kier molecular flexibility index (Phi) is 13.1. The van der Waals surface area contributed by atoms with Gasteiger partial charge in [0.2, 0.25) is 0 Å². The third-order valence-electron chi connectivity index (χ3n) is 21.1. The van der Waals surface area contributed by atoms with Gasteiger partial charge in [0.05, 0.1) is 72.0 Å². The van der Waals surface area contributed by atoms with Crippen LogP contribution in [-0.2, 0) is 0 Å². The van der Waals surface area contributed by atoms with Crippen LogP contribution in [0.5, 0.6) is 0 Å². The second-order valence-electron chi connectivity index (χ2n) is 28.5. The molecule has 0 amide bonds. The molecule has 0 N–H and O–H groups in total. The van der Waals surface area contributed by atoms with Crippen LogP contribution in [0.3, 0.4) is 0 Å². The minimum Gasteiger partial charge on any atom is -0.309 e. The van der Waals surface area contributed by atoms with Gasteiger partial charge in [0.1, 0.15) is 0 Å². The van der Waals surface area contributed by atoms with E-state index in [4.69, 9.17) is 0 Å². The molecule has 0 atom stereocenters. The van der Waals surface area contributed by atoms with Crippen molar-refractivity contribution in [3.05, 3.63) is 242 Å². The molecule has 4 aromatic heterocycles. The lowest BCUT2D eigenvalue weighted by molar-refractivity contribution is 0.443. The molecular formula is C84H78N4Si2. The van der Waals surface area contributed by atoms with E-state index in [1.165, 1.54) is 218 Å². The van der Waals surface area contributed by atoms with E-state index in [1.54, 1.807) is 0 Å². The number of aromatic nitrogens is 2. The number of para-hydroxylation sites is 2. The number of hydrogen-bond acceptors (Lipinski definition) is 2. The predicted octanol–water partition coefficient (Wildman–Crippen LogP) is 23.4. The number of anilines is 6. The standard InChI is InChI=1S/C84H78N4Si2/c1-89(2,3)63-41-37-61(38-42-63)85(77-51-59(55-23-11-7-12-24-55)35-45-65(77)57-27-15-9-16-28-57)75-49-47-67-71-53-80-72(54-79(71)87-73-33-21-19-31-69(73)81(75)83(67)87)68-48-50-76(82-70-32-20-22-34-74(70)88(80)84(68)82)86(62-39-43-64(44-40-62)90(4,5)6)78-52-60(56-25-13-8-14-26-56)36-46-66(78)58-29-17-10-18-30-58/h9-10,15-22,27-56H,7-8,11-14,23-26H2,1-6H3. The highest BCUT2D eigenvalue weighted by Crippen LogP contribution is 2.54. The zero-order valence-electron chi connectivity index (χ0n) is 53.0. The summed E-state index contributed by atoms with van der Waals surface area (Å²) in [5.74, 6) is 1.11. The van der Waals surface area contributed by atoms with Gasteiger partial charge >= 0.3 is 0 Å². The zero-order valence-corrected chi connectivity index (χ0v) is 55.0. The summed E-state index contributed by atoms with van der Waals surface area (Å²) in [6, 6.07) is 89.9. The minimum absolute atomic E-state index is 0.554. The molecule has 6 heteroatoms. The Balaban J connectivity index is 0.919. The fraction of sp³-hybridized carbons (Fsp3) is 0.214. The van der Waals surface area contributed by atoms with Crippen LogP contribution in [0, 0.1) is 0 Å². The van der Waals surface area contributed by atoms with Crippen molar-refractivity contribution < 1.29 is 0 Å². The SMILES string of the molecule is C[Si](C)(C)c1ccc(N(c2cc(C3CCCCC3)ccc2-c2ccccc2)c2ccc3c4cc5c(cc4n4c6ccccc6c2c34)c2ccc(N(c3ccc([Si](C)(C)C)cc3)c3cc(C4CCCCC4)ccc3-c3ccccc3)c3c4ccccc4n5c23)cc1. The monoisotopic (exact) mass is 1200 g/mol. The number of nitrogens with zero attached hydrogens (tertiary/aromatic N) is 4. The lowest BCUT2D eigenvalue weighted by atomic mass is 9.83. The van der Waals surface area contributed by atoms with Crippen LogP contribution in [0.25, 0.3) is 98.4 Å². The van der Waals surface area contributed by atoms with Crippen LogP contribution in [0.1, 0.15) is 87.2 Å². The van der Waals surface area contributed by atoms with Crippen molar-refractivity contribution >= 4 is 137 Å². The smallest absolute Gasteiger partial charge is 0.0775 e. The topological polar surface area (TPSA) is 15.3 Å². The highest BCUT2D eigenvalue weighted by Gasteiger charge is 2.32. The first kappa shape index (κ1) is 55.1. The van der Waals surface area contributed by atoms with E-state index in [-0.39, 0.29) is 0 Å². The van der Waals surface area contributed by atoms with E-state index < -0.39 is 16.1 Å².